The van der Waals surface area contributed by atoms with E-state index < -0.39 is 17.5 Å². The van der Waals surface area contributed by atoms with Crippen LogP contribution in [-0.2, 0) is 29.2 Å². The largest absolute Gasteiger partial charge is 0.444 e. The van der Waals surface area contributed by atoms with Gasteiger partial charge in [-0.15, -0.1) is 11.3 Å². The van der Waals surface area contributed by atoms with E-state index in [9.17, 15) is 10.1 Å². The second kappa shape index (κ2) is 11.9. The third-order valence-corrected chi connectivity index (χ3v) is 9.06. The van der Waals surface area contributed by atoms with E-state index in [1.165, 1.54) is 17.8 Å². The Morgan fingerprint density at radius 3 is 2.77 bits per heavy atom. The zero-order valence-electron chi connectivity index (χ0n) is 24.2. The Kier molecular flexibility index (Phi) is 8.10. The number of carbonyl (C=O) groups is 1. The second-order valence-corrected chi connectivity index (χ2v) is 13.6. The Morgan fingerprint density at radius 1 is 1.27 bits per heavy atom. The highest BCUT2D eigenvalue weighted by Gasteiger charge is 2.30. The van der Waals surface area contributed by atoms with Gasteiger partial charge in [-0.3, -0.25) is 10.4 Å². The first kappa shape index (κ1) is 30.1. The average Bonchev–Trinajstić information content (AvgIpc) is 3.73. The van der Waals surface area contributed by atoms with Crippen molar-refractivity contribution in [1.29, 1.82) is 5.26 Å². The highest BCUT2D eigenvalue weighted by Crippen LogP contribution is 2.49. The zero-order valence-corrected chi connectivity index (χ0v) is 26.6. The van der Waals surface area contributed by atoms with Crippen molar-refractivity contribution < 1.29 is 18.7 Å². The number of aromatic amines is 1. The number of H-pyrrole nitrogens is 1. The number of nitrogens with one attached hydrogen (secondary N) is 3. The second-order valence-electron chi connectivity index (χ2n) is 11.0. The lowest BCUT2D eigenvalue weighted by atomic mass is 9.91. The number of aromatic nitrogens is 4. The number of anilines is 2. The van der Waals surface area contributed by atoms with E-state index in [1.54, 1.807) is 39.2 Å². The minimum atomic E-state index is -0.758. The molecule has 1 amide bonds. The van der Waals surface area contributed by atoms with Crippen LogP contribution in [0.5, 0.6) is 0 Å². The number of nitrogens with zero attached hydrogens (tertiary/aromatic N) is 4. The van der Waals surface area contributed by atoms with Crippen LogP contribution in [0, 0.1) is 17.1 Å². The van der Waals surface area contributed by atoms with Gasteiger partial charge in [0.2, 0.25) is 0 Å². The Labute approximate surface area is 265 Å². The highest BCUT2D eigenvalue weighted by molar-refractivity contribution is 7.99. The maximum Gasteiger partial charge on any atom is 0.412 e. The molecule has 0 spiro atoms. The minimum Gasteiger partial charge on any atom is -0.444 e. The number of nitriles is 1. The number of halogens is 2. The number of rotatable bonds is 7. The van der Waals surface area contributed by atoms with Gasteiger partial charge in [0.1, 0.15) is 28.3 Å². The lowest BCUT2D eigenvalue weighted by Crippen LogP contribution is -2.27. The molecule has 0 saturated carbocycles. The number of hydrogen-bond acceptors (Lipinski definition) is 10. The predicted octanol–water partition coefficient (Wildman–Crippen LogP) is 8.00. The molecule has 0 radical (unpaired) electrons. The van der Waals surface area contributed by atoms with Crippen LogP contribution in [0.15, 0.2) is 29.7 Å². The molecule has 4 heterocycles. The van der Waals surface area contributed by atoms with Gasteiger partial charge in [-0.2, -0.15) is 10.4 Å². The molecule has 0 atom stereocenters. The first-order valence-electron chi connectivity index (χ1n) is 13.7. The summed E-state index contributed by atoms with van der Waals surface area (Å²) in [5.41, 5.74) is 3.62. The Balaban J connectivity index is 1.57. The molecule has 3 N–H and O–H groups in total. The van der Waals surface area contributed by atoms with E-state index in [1.807, 2.05) is 6.92 Å². The Hall–Kier alpha value is -3.96. The average molecular weight is 652 g/mol. The van der Waals surface area contributed by atoms with Gasteiger partial charge in [0, 0.05) is 29.3 Å². The molecular formula is C30H27ClFN7O3S2. The van der Waals surface area contributed by atoms with Gasteiger partial charge in [0.05, 0.1) is 45.6 Å². The monoisotopic (exact) mass is 651 g/mol. The summed E-state index contributed by atoms with van der Waals surface area (Å²) in [7, 11) is 0. The topological polar surface area (TPSA) is 138 Å². The van der Waals surface area contributed by atoms with Gasteiger partial charge >= 0.3 is 6.09 Å². The predicted molar refractivity (Wildman–Crippen MR) is 171 cm³/mol. The molecule has 1 aliphatic rings. The summed E-state index contributed by atoms with van der Waals surface area (Å²) in [6, 6.07) is 5.11. The number of fused-ring (bicyclic) bond motifs is 4. The van der Waals surface area contributed by atoms with Crippen molar-refractivity contribution >= 4 is 72.6 Å². The first-order valence-corrected chi connectivity index (χ1v) is 15.9. The Bertz CT molecular complexity index is 1970. The molecule has 14 heteroatoms. The van der Waals surface area contributed by atoms with Crippen LogP contribution in [0.2, 0.25) is 5.02 Å². The number of hydrogen-bond donors (Lipinski definition) is 3. The summed E-state index contributed by atoms with van der Waals surface area (Å²) in [6.07, 6.45) is 2.79. The van der Waals surface area contributed by atoms with Gasteiger partial charge in [-0.25, -0.2) is 19.2 Å². The lowest BCUT2D eigenvalue weighted by molar-refractivity contribution is 0.0636. The summed E-state index contributed by atoms with van der Waals surface area (Å²) in [5, 5.41) is 25.3. The van der Waals surface area contributed by atoms with E-state index in [0.29, 0.717) is 51.2 Å². The smallest absolute Gasteiger partial charge is 0.412 e. The van der Waals surface area contributed by atoms with Crippen LogP contribution in [0.4, 0.5) is 20.0 Å². The number of amides is 1. The van der Waals surface area contributed by atoms with Gasteiger partial charge in [-0.05, 0) is 49.3 Å². The molecule has 0 aliphatic carbocycles. The normalized spacial score (nSPS) is 12.8. The Morgan fingerprint density at radius 2 is 2.07 bits per heavy atom. The van der Waals surface area contributed by atoms with E-state index >= 15 is 4.39 Å². The molecule has 0 fully saturated rings. The molecule has 2 aromatic carbocycles. The van der Waals surface area contributed by atoms with E-state index in [0.717, 1.165) is 39.2 Å². The molecule has 44 heavy (non-hydrogen) atoms. The van der Waals surface area contributed by atoms with Crippen LogP contribution in [0.3, 0.4) is 0 Å². The fourth-order valence-corrected chi connectivity index (χ4v) is 7.14. The molecule has 1 aliphatic heterocycles. The van der Waals surface area contributed by atoms with E-state index in [4.69, 9.17) is 31.0 Å². The van der Waals surface area contributed by atoms with Gasteiger partial charge in [-0.1, -0.05) is 36.4 Å². The van der Waals surface area contributed by atoms with Gasteiger partial charge in [0.25, 0.3) is 0 Å². The van der Waals surface area contributed by atoms with Crippen LogP contribution in [0.1, 0.15) is 49.9 Å². The maximum absolute atomic E-state index is 15.3. The van der Waals surface area contributed by atoms with Gasteiger partial charge in [0.15, 0.2) is 5.16 Å². The fraction of sp³-hybridized carbons (Fsp3) is 0.300. The van der Waals surface area contributed by atoms with E-state index in [2.05, 4.69) is 26.9 Å². The molecule has 5 aromatic rings. The summed E-state index contributed by atoms with van der Waals surface area (Å²) in [6.45, 7) is 8.23. The molecule has 0 bridgehead atoms. The number of thioether (sulfide) groups is 1. The molecule has 10 nitrogen and oxygen atoms in total. The molecule has 3 aromatic heterocycles. The van der Waals surface area contributed by atoms with Gasteiger partial charge < -0.3 is 14.8 Å². The summed E-state index contributed by atoms with van der Waals surface area (Å²) < 4.78 is 26.8. The fourth-order valence-electron chi connectivity index (χ4n) is 5.14. The zero-order chi connectivity index (χ0) is 31.2. The summed E-state index contributed by atoms with van der Waals surface area (Å²) in [5.74, 6) is 0.836. The standard InChI is InChI=1S/C30H27ClFN7O3S2/c1-5-43-28-37-24-22(26(38-28)34-9-14-10-35-36-11-14)18-13-41-12-17(18)20(23(24)31)15-6-7-19(32)25-21(15)16(8-33)27(44-25)39-29(40)42-30(2,3)4/h6-7,10-11H,5,9,12-13H2,1-4H3,(H,35,36)(H,39,40)(H,34,37,38). The highest BCUT2D eigenvalue weighted by atomic mass is 35.5. The lowest BCUT2D eigenvalue weighted by Gasteiger charge is -2.19. The molecule has 226 valence electrons. The van der Waals surface area contributed by atoms with Crippen LogP contribution < -0.4 is 10.6 Å². The maximum atomic E-state index is 15.3. The van der Waals surface area contributed by atoms with Crippen molar-refractivity contribution in [2.75, 3.05) is 16.4 Å². The van der Waals surface area contributed by atoms with Crippen LogP contribution in [0.25, 0.3) is 32.1 Å². The van der Waals surface area contributed by atoms with Crippen molar-refractivity contribution in [3.05, 3.63) is 57.6 Å². The van der Waals surface area contributed by atoms with Crippen molar-refractivity contribution in [2.45, 2.75) is 58.2 Å². The van der Waals surface area contributed by atoms with Crippen molar-refractivity contribution in [3.63, 3.8) is 0 Å². The number of benzene rings is 2. The van der Waals surface area contributed by atoms with Crippen LogP contribution >= 0.6 is 34.7 Å². The van der Waals surface area contributed by atoms with Crippen molar-refractivity contribution in [3.8, 4) is 17.2 Å². The van der Waals surface area contributed by atoms with Crippen molar-refractivity contribution in [1.82, 2.24) is 20.2 Å². The minimum absolute atomic E-state index is 0.113. The third-order valence-electron chi connectivity index (χ3n) is 6.85. The molecular weight excluding hydrogens is 625 g/mol. The van der Waals surface area contributed by atoms with E-state index in [-0.39, 0.29) is 21.9 Å². The quantitative estimate of drug-likeness (QED) is 0.118. The first-order chi connectivity index (χ1) is 21.1. The summed E-state index contributed by atoms with van der Waals surface area (Å²) in [4.78, 5) is 22.3. The third kappa shape index (κ3) is 5.54. The van der Waals surface area contributed by atoms with Crippen molar-refractivity contribution in [2.24, 2.45) is 0 Å². The molecule has 6 rings (SSSR count). The number of thiophene rings is 1. The number of carbonyl (C=O) groups excluding carboxylic acids is 1. The molecule has 0 saturated heterocycles. The SMILES string of the molecule is CCSc1nc(NCc2cn[nH]c2)c2c3c(c(-c4ccc(F)c5sc(NC(=O)OC(C)(C)C)c(C#N)c45)c(Cl)c2n1)COC3. The van der Waals surface area contributed by atoms with Crippen LogP contribution in [-0.4, -0.2) is 37.6 Å². The number of ether oxygens (including phenoxy) is 2. The molecule has 0 unspecified atom stereocenters. The summed E-state index contributed by atoms with van der Waals surface area (Å²) >= 11 is 9.69.